The number of carbonyl (C=O) groups is 1. The van der Waals surface area contributed by atoms with Gasteiger partial charge in [0.1, 0.15) is 5.75 Å². The quantitative estimate of drug-likeness (QED) is 0.613. The summed E-state index contributed by atoms with van der Waals surface area (Å²) in [6, 6.07) is 19.8. The Bertz CT molecular complexity index is 829. The molecule has 0 fully saturated rings. The summed E-state index contributed by atoms with van der Waals surface area (Å²) in [7, 11) is 1.69. The smallest absolute Gasteiger partial charge is 0.229 e. The lowest BCUT2D eigenvalue weighted by Gasteiger charge is -2.10. The van der Waals surface area contributed by atoms with Crippen LogP contribution in [0.3, 0.4) is 0 Å². The first kappa shape index (κ1) is 18.0. The van der Waals surface area contributed by atoms with Gasteiger partial charge >= 0.3 is 0 Å². The summed E-state index contributed by atoms with van der Waals surface area (Å²) in [5.74, 6) is 0.919. The van der Waals surface area contributed by atoms with Crippen LogP contribution in [-0.2, 0) is 17.6 Å². The number of hydrogen-bond acceptors (Lipinski definition) is 4. The highest BCUT2D eigenvalue weighted by atomic mass is 32.1. The molecule has 0 spiro atoms. The maximum atomic E-state index is 12.0. The Kier molecular flexibility index (Phi) is 6.28. The number of para-hydroxylation sites is 1. The molecule has 2 N–H and O–H groups in total. The van der Waals surface area contributed by atoms with Crippen molar-refractivity contribution in [3.63, 3.8) is 0 Å². The van der Waals surface area contributed by atoms with Crippen molar-refractivity contribution < 1.29 is 9.53 Å². The predicted octanol–water partition coefficient (Wildman–Crippen LogP) is 4.59. The maximum absolute atomic E-state index is 12.0. The molecule has 0 bridgehead atoms. The molecule has 26 heavy (non-hydrogen) atoms. The van der Waals surface area contributed by atoms with Crippen molar-refractivity contribution >= 4 is 28.6 Å². The zero-order valence-electron chi connectivity index (χ0n) is 14.7. The summed E-state index contributed by atoms with van der Waals surface area (Å²) in [4.78, 5) is 13.1. The number of nitrogens with one attached hydrogen (secondary N) is 2. The second-order valence-electron chi connectivity index (χ2n) is 5.87. The van der Waals surface area contributed by atoms with Crippen LogP contribution < -0.4 is 15.4 Å². The van der Waals surface area contributed by atoms with Gasteiger partial charge in [-0.15, -0.1) is 11.3 Å². The van der Waals surface area contributed by atoms with Crippen LogP contribution >= 0.6 is 11.3 Å². The van der Waals surface area contributed by atoms with Crippen molar-refractivity contribution in [2.45, 2.75) is 12.8 Å². The number of ether oxygens (including phenoxy) is 1. The SMILES string of the molecule is COc1ccccc1CCNc1ccc(NC(=O)Cc2cccs2)cc1. The Hall–Kier alpha value is -2.79. The minimum Gasteiger partial charge on any atom is -0.496 e. The van der Waals surface area contributed by atoms with E-state index in [1.807, 2.05) is 60.0 Å². The van der Waals surface area contributed by atoms with Gasteiger partial charge in [0.25, 0.3) is 0 Å². The van der Waals surface area contributed by atoms with Crippen LogP contribution in [0.1, 0.15) is 10.4 Å². The van der Waals surface area contributed by atoms with Gasteiger partial charge in [0.2, 0.25) is 5.91 Å². The molecule has 0 aliphatic heterocycles. The van der Waals surface area contributed by atoms with E-state index in [1.54, 1.807) is 18.4 Å². The molecule has 3 rings (SSSR count). The average molecular weight is 366 g/mol. The summed E-state index contributed by atoms with van der Waals surface area (Å²) < 4.78 is 5.37. The summed E-state index contributed by atoms with van der Waals surface area (Å²) >= 11 is 1.59. The van der Waals surface area contributed by atoms with Gasteiger partial charge in [-0.25, -0.2) is 0 Å². The molecule has 0 saturated carbocycles. The Labute approximate surface area is 157 Å². The summed E-state index contributed by atoms with van der Waals surface area (Å²) in [6.45, 7) is 0.810. The molecule has 0 unspecified atom stereocenters. The standard InChI is InChI=1S/C21H22N2O2S/c1-25-20-7-3-2-5-16(20)12-13-22-17-8-10-18(11-9-17)23-21(24)15-19-6-4-14-26-19/h2-11,14,22H,12-13,15H2,1H3,(H,23,24). The Balaban J connectivity index is 1.47. The fraction of sp³-hybridized carbons (Fsp3) is 0.190. The van der Waals surface area contributed by atoms with E-state index < -0.39 is 0 Å². The predicted molar refractivity (Wildman–Crippen MR) is 108 cm³/mol. The van der Waals surface area contributed by atoms with Crippen LogP contribution in [0.4, 0.5) is 11.4 Å². The van der Waals surface area contributed by atoms with Crippen LogP contribution in [0.15, 0.2) is 66.0 Å². The van der Waals surface area contributed by atoms with E-state index in [0.717, 1.165) is 35.0 Å². The van der Waals surface area contributed by atoms with E-state index in [9.17, 15) is 4.79 Å². The largest absolute Gasteiger partial charge is 0.496 e. The highest BCUT2D eigenvalue weighted by Crippen LogP contribution is 2.19. The Morgan fingerprint density at radius 3 is 2.50 bits per heavy atom. The van der Waals surface area contributed by atoms with E-state index in [2.05, 4.69) is 16.7 Å². The van der Waals surface area contributed by atoms with Crippen LogP contribution in [-0.4, -0.2) is 19.6 Å². The number of carbonyl (C=O) groups excluding carboxylic acids is 1. The lowest BCUT2D eigenvalue weighted by Crippen LogP contribution is -2.13. The fourth-order valence-electron chi connectivity index (χ4n) is 2.70. The molecule has 2 aromatic carbocycles. The lowest BCUT2D eigenvalue weighted by molar-refractivity contribution is -0.115. The van der Waals surface area contributed by atoms with E-state index in [4.69, 9.17) is 4.74 Å². The third-order valence-electron chi connectivity index (χ3n) is 4.00. The Morgan fingerprint density at radius 1 is 1.00 bits per heavy atom. The van der Waals surface area contributed by atoms with Crippen molar-refractivity contribution in [2.75, 3.05) is 24.3 Å². The molecule has 1 amide bonds. The number of benzene rings is 2. The van der Waals surface area contributed by atoms with Gasteiger partial charge in [0.05, 0.1) is 13.5 Å². The molecule has 3 aromatic rings. The number of anilines is 2. The number of methoxy groups -OCH3 is 1. The van der Waals surface area contributed by atoms with E-state index in [0.29, 0.717) is 6.42 Å². The molecule has 1 heterocycles. The summed E-state index contributed by atoms with van der Waals surface area (Å²) in [5.41, 5.74) is 3.01. The Morgan fingerprint density at radius 2 is 1.77 bits per heavy atom. The van der Waals surface area contributed by atoms with Gasteiger partial charge in [-0.05, 0) is 53.8 Å². The number of thiophene rings is 1. The zero-order valence-corrected chi connectivity index (χ0v) is 15.5. The third kappa shape index (κ3) is 5.10. The molecule has 1 aromatic heterocycles. The third-order valence-corrected chi connectivity index (χ3v) is 4.88. The van der Waals surface area contributed by atoms with Crippen molar-refractivity contribution in [3.05, 3.63) is 76.5 Å². The fourth-order valence-corrected chi connectivity index (χ4v) is 3.40. The second kappa shape index (κ2) is 9.06. The number of hydrogen-bond donors (Lipinski definition) is 2. The normalized spacial score (nSPS) is 10.3. The molecular formula is C21H22N2O2S. The first-order valence-electron chi connectivity index (χ1n) is 8.52. The van der Waals surface area contributed by atoms with Gasteiger partial charge in [-0.3, -0.25) is 4.79 Å². The number of rotatable bonds is 8. The van der Waals surface area contributed by atoms with Gasteiger partial charge in [-0.1, -0.05) is 24.3 Å². The van der Waals surface area contributed by atoms with Gasteiger partial charge in [0.15, 0.2) is 0 Å². The lowest BCUT2D eigenvalue weighted by atomic mass is 10.1. The maximum Gasteiger partial charge on any atom is 0.229 e. The second-order valence-corrected chi connectivity index (χ2v) is 6.90. The van der Waals surface area contributed by atoms with Gasteiger partial charge in [0, 0.05) is 22.8 Å². The molecule has 0 aliphatic rings. The first-order chi connectivity index (χ1) is 12.7. The highest BCUT2D eigenvalue weighted by Gasteiger charge is 2.05. The number of amides is 1. The van der Waals surface area contributed by atoms with Gasteiger partial charge in [-0.2, -0.15) is 0 Å². The van der Waals surface area contributed by atoms with Crippen LogP contribution in [0.5, 0.6) is 5.75 Å². The van der Waals surface area contributed by atoms with E-state index in [-0.39, 0.29) is 5.91 Å². The zero-order chi connectivity index (χ0) is 18.2. The molecule has 0 saturated heterocycles. The van der Waals surface area contributed by atoms with E-state index in [1.165, 1.54) is 5.56 Å². The van der Waals surface area contributed by atoms with Crippen molar-refractivity contribution in [1.29, 1.82) is 0 Å². The molecule has 0 radical (unpaired) electrons. The average Bonchev–Trinajstić information content (AvgIpc) is 3.16. The van der Waals surface area contributed by atoms with Crippen LogP contribution in [0.2, 0.25) is 0 Å². The van der Waals surface area contributed by atoms with Gasteiger partial charge < -0.3 is 15.4 Å². The molecule has 134 valence electrons. The minimum atomic E-state index is 0.00401. The molecular weight excluding hydrogens is 344 g/mol. The molecule has 0 atom stereocenters. The van der Waals surface area contributed by atoms with Crippen molar-refractivity contribution in [3.8, 4) is 5.75 Å². The summed E-state index contributed by atoms with van der Waals surface area (Å²) in [6.07, 6.45) is 1.29. The molecule has 4 nitrogen and oxygen atoms in total. The van der Waals surface area contributed by atoms with Crippen LogP contribution in [0.25, 0.3) is 0 Å². The summed E-state index contributed by atoms with van der Waals surface area (Å²) in [5, 5.41) is 8.30. The topological polar surface area (TPSA) is 50.4 Å². The molecule has 5 heteroatoms. The van der Waals surface area contributed by atoms with Crippen LogP contribution in [0, 0.1) is 0 Å². The molecule has 0 aliphatic carbocycles. The minimum absolute atomic E-state index is 0.00401. The van der Waals surface area contributed by atoms with Crippen molar-refractivity contribution in [1.82, 2.24) is 0 Å². The first-order valence-corrected chi connectivity index (χ1v) is 9.40. The highest BCUT2D eigenvalue weighted by molar-refractivity contribution is 7.10. The monoisotopic (exact) mass is 366 g/mol. The van der Waals surface area contributed by atoms with Crippen molar-refractivity contribution in [2.24, 2.45) is 0 Å². The van der Waals surface area contributed by atoms with E-state index >= 15 is 0 Å².